The monoisotopic (exact) mass is 406 g/mol. The van der Waals surface area contributed by atoms with E-state index in [-0.39, 0.29) is 18.6 Å². The number of ether oxygens (including phenoxy) is 2. The molecule has 3 aromatic rings. The molecule has 156 valence electrons. The normalized spacial score (nSPS) is 14.4. The second kappa shape index (κ2) is 9.35. The third-order valence-corrected chi connectivity index (χ3v) is 5.26. The van der Waals surface area contributed by atoms with Crippen molar-refractivity contribution in [2.24, 2.45) is 0 Å². The van der Waals surface area contributed by atoms with Gasteiger partial charge in [-0.2, -0.15) is 5.10 Å². The first-order valence-electron chi connectivity index (χ1n) is 10.1. The minimum Gasteiger partial charge on any atom is -0.497 e. The lowest BCUT2D eigenvalue weighted by atomic mass is 10.0. The maximum Gasteiger partial charge on any atom is 0.258 e. The van der Waals surface area contributed by atoms with Crippen molar-refractivity contribution in [3.63, 3.8) is 0 Å². The van der Waals surface area contributed by atoms with Crippen molar-refractivity contribution in [3.05, 3.63) is 60.7 Å². The number of methoxy groups -OCH3 is 1. The highest BCUT2D eigenvalue weighted by Crippen LogP contribution is 2.24. The van der Waals surface area contributed by atoms with Gasteiger partial charge in [0, 0.05) is 25.2 Å². The minimum absolute atomic E-state index is 0.00629. The van der Waals surface area contributed by atoms with Crippen LogP contribution < -0.4 is 19.7 Å². The molecule has 2 N–H and O–H groups in total. The maximum absolute atomic E-state index is 12.2. The molecule has 1 aromatic heterocycles. The molecule has 1 fully saturated rings. The average Bonchev–Trinajstić information content (AvgIpc) is 3.29. The molecule has 0 bridgehead atoms. The average molecular weight is 406 g/mol. The Balaban J connectivity index is 1.22. The Morgan fingerprint density at radius 2 is 1.80 bits per heavy atom. The largest absolute Gasteiger partial charge is 0.497 e. The van der Waals surface area contributed by atoms with Crippen LogP contribution >= 0.6 is 0 Å². The Labute approximate surface area is 176 Å². The Bertz CT molecular complexity index is 948. The van der Waals surface area contributed by atoms with Crippen LogP contribution in [-0.4, -0.2) is 49.0 Å². The summed E-state index contributed by atoms with van der Waals surface area (Å²) >= 11 is 0. The van der Waals surface area contributed by atoms with Gasteiger partial charge in [0.25, 0.3) is 5.91 Å². The number of rotatable bonds is 7. The fraction of sp³-hybridized carbons (Fsp3) is 0.304. The summed E-state index contributed by atoms with van der Waals surface area (Å²) in [6, 6.07) is 19.6. The predicted octanol–water partition coefficient (Wildman–Crippen LogP) is 3.25. The highest BCUT2D eigenvalue weighted by atomic mass is 16.5. The zero-order valence-electron chi connectivity index (χ0n) is 17.0. The van der Waals surface area contributed by atoms with E-state index in [2.05, 4.69) is 38.6 Å². The third-order valence-electron chi connectivity index (χ3n) is 5.26. The van der Waals surface area contributed by atoms with E-state index in [4.69, 9.17) is 9.47 Å². The first-order chi connectivity index (χ1) is 14.7. The van der Waals surface area contributed by atoms with Gasteiger partial charge in [-0.25, -0.2) is 0 Å². The van der Waals surface area contributed by atoms with E-state index in [0.29, 0.717) is 5.75 Å². The number of carbonyl (C=O) groups is 1. The van der Waals surface area contributed by atoms with Gasteiger partial charge in [0.1, 0.15) is 11.5 Å². The molecular weight excluding hydrogens is 380 g/mol. The van der Waals surface area contributed by atoms with Gasteiger partial charge in [0.15, 0.2) is 12.4 Å². The number of anilines is 1. The molecule has 4 rings (SSSR count). The number of nitrogens with one attached hydrogen (secondary N) is 2. The molecule has 0 radical (unpaired) electrons. The number of benzene rings is 2. The quantitative estimate of drug-likeness (QED) is 0.630. The number of hydrogen-bond donors (Lipinski definition) is 2. The number of amides is 1. The van der Waals surface area contributed by atoms with Gasteiger partial charge in [-0.3, -0.25) is 9.89 Å². The summed E-state index contributed by atoms with van der Waals surface area (Å²) in [4.78, 5) is 14.5. The van der Waals surface area contributed by atoms with E-state index in [1.807, 2.05) is 18.2 Å². The van der Waals surface area contributed by atoms with Crippen molar-refractivity contribution in [3.8, 4) is 22.8 Å². The van der Waals surface area contributed by atoms with Crippen molar-refractivity contribution in [1.82, 2.24) is 15.5 Å². The van der Waals surface area contributed by atoms with Crippen LogP contribution in [0.5, 0.6) is 11.5 Å². The Morgan fingerprint density at radius 1 is 1.10 bits per heavy atom. The zero-order valence-corrected chi connectivity index (χ0v) is 17.0. The van der Waals surface area contributed by atoms with Gasteiger partial charge in [-0.15, -0.1) is 0 Å². The van der Waals surface area contributed by atoms with Gasteiger partial charge in [-0.1, -0.05) is 30.3 Å². The van der Waals surface area contributed by atoms with Crippen LogP contribution in [0.4, 0.5) is 5.82 Å². The topological polar surface area (TPSA) is 79.5 Å². The number of piperidine rings is 1. The van der Waals surface area contributed by atoms with Gasteiger partial charge in [0.05, 0.1) is 12.8 Å². The van der Waals surface area contributed by atoms with Crippen LogP contribution in [0.1, 0.15) is 12.8 Å². The summed E-state index contributed by atoms with van der Waals surface area (Å²) in [6.07, 6.45) is 1.75. The van der Waals surface area contributed by atoms with Crippen LogP contribution in [0.15, 0.2) is 60.7 Å². The number of hydrogen-bond acceptors (Lipinski definition) is 5. The molecule has 7 nitrogen and oxygen atoms in total. The SMILES string of the molecule is COc1ccc(OCC(=O)NC2CCN(c3cc(-c4ccccc4)[nH]n3)CC2)cc1. The summed E-state index contributed by atoms with van der Waals surface area (Å²) in [5.41, 5.74) is 2.13. The van der Waals surface area contributed by atoms with Crippen molar-refractivity contribution in [2.75, 3.05) is 31.7 Å². The lowest BCUT2D eigenvalue weighted by Crippen LogP contribution is -2.46. The molecule has 1 amide bonds. The Hall–Kier alpha value is -3.48. The van der Waals surface area contributed by atoms with E-state index in [9.17, 15) is 4.79 Å². The van der Waals surface area contributed by atoms with E-state index >= 15 is 0 Å². The second-order valence-electron chi connectivity index (χ2n) is 7.30. The molecule has 7 heteroatoms. The van der Waals surface area contributed by atoms with Gasteiger partial charge in [-0.05, 0) is 42.7 Å². The first kappa shape index (κ1) is 19.8. The molecule has 1 saturated heterocycles. The molecule has 30 heavy (non-hydrogen) atoms. The van der Waals surface area contributed by atoms with E-state index in [0.717, 1.165) is 48.8 Å². The molecule has 2 heterocycles. The fourth-order valence-corrected chi connectivity index (χ4v) is 3.58. The third kappa shape index (κ3) is 4.92. The number of aromatic nitrogens is 2. The van der Waals surface area contributed by atoms with Crippen molar-refractivity contribution in [1.29, 1.82) is 0 Å². The van der Waals surface area contributed by atoms with Crippen LogP contribution in [0.25, 0.3) is 11.3 Å². The van der Waals surface area contributed by atoms with Crippen LogP contribution in [0.3, 0.4) is 0 Å². The van der Waals surface area contributed by atoms with Crippen LogP contribution in [-0.2, 0) is 4.79 Å². The van der Waals surface area contributed by atoms with E-state index in [1.54, 1.807) is 31.4 Å². The van der Waals surface area contributed by atoms with Crippen molar-refractivity contribution < 1.29 is 14.3 Å². The molecule has 0 aliphatic carbocycles. The zero-order chi connectivity index (χ0) is 20.8. The van der Waals surface area contributed by atoms with Crippen molar-refractivity contribution in [2.45, 2.75) is 18.9 Å². The smallest absolute Gasteiger partial charge is 0.258 e. The molecule has 0 unspecified atom stereocenters. The molecular formula is C23H26N4O3. The molecule has 1 aliphatic rings. The summed E-state index contributed by atoms with van der Waals surface area (Å²) in [5, 5.41) is 10.6. The summed E-state index contributed by atoms with van der Waals surface area (Å²) in [6.45, 7) is 1.71. The Morgan fingerprint density at radius 3 is 2.50 bits per heavy atom. The summed E-state index contributed by atoms with van der Waals surface area (Å²) in [5.74, 6) is 2.25. The summed E-state index contributed by atoms with van der Waals surface area (Å²) < 4.78 is 10.7. The number of aromatic amines is 1. The first-order valence-corrected chi connectivity index (χ1v) is 10.1. The standard InChI is InChI=1S/C23H26N4O3/c1-29-19-7-9-20(10-8-19)30-16-23(28)24-18-11-13-27(14-12-18)22-15-21(25-26-22)17-5-3-2-4-6-17/h2-10,15,18H,11-14,16H2,1H3,(H,24,28)(H,25,26). The highest BCUT2D eigenvalue weighted by molar-refractivity contribution is 5.77. The number of H-pyrrole nitrogens is 1. The van der Waals surface area contributed by atoms with Gasteiger partial charge >= 0.3 is 0 Å². The minimum atomic E-state index is -0.101. The second-order valence-corrected chi connectivity index (χ2v) is 7.30. The Kier molecular flexibility index (Phi) is 6.17. The lowest BCUT2D eigenvalue weighted by Gasteiger charge is -2.32. The molecule has 2 aromatic carbocycles. The van der Waals surface area contributed by atoms with Crippen LogP contribution in [0, 0.1) is 0 Å². The maximum atomic E-state index is 12.2. The van der Waals surface area contributed by atoms with E-state index in [1.165, 1.54) is 0 Å². The number of nitrogens with zero attached hydrogens (tertiary/aromatic N) is 2. The van der Waals surface area contributed by atoms with Gasteiger partial charge < -0.3 is 19.7 Å². The fourth-order valence-electron chi connectivity index (χ4n) is 3.58. The van der Waals surface area contributed by atoms with Crippen LogP contribution in [0.2, 0.25) is 0 Å². The highest BCUT2D eigenvalue weighted by Gasteiger charge is 2.22. The number of carbonyl (C=O) groups excluding carboxylic acids is 1. The predicted molar refractivity (Wildman–Crippen MR) is 116 cm³/mol. The molecule has 1 aliphatic heterocycles. The molecule has 0 saturated carbocycles. The van der Waals surface area contributed by atoms with E-state index < -0.39 is 0 Å². The van der Waals surface area contributed by atoms with Gasteiger partial charge in [0.2, 0.25) is 0 Å². The summed E-state index contributed by atoms with van der Waals surface area (Å²) in [7, 11) is 1.61. The lowest BCUT2D eigenvalue weighted by molar-refractivity contribution is -0.123. The molecule has 0 spiro atoms. The molecule has 0 atom stereocenters. The van der Waals surface area contributed by atoms with Crippen molar-refractivity contribution >= 4 is 11.7 Å².